The van der Waals surface area contributed by atoms with Crippen LogP contribution in [0.5, 0.6) is 0 Å². The van der Waals surface area contributed by atoms with E-state index in [9.17, 15) is 0 Å². The number of aromatic nitrogens is 2. The summed E-state index contributed by atoms with van der Waals surface area (Å²) in [7, 11) is 4.02. The average Bonchev–Trinajstić information content (AvgIpc) is 3.32. The van der Waals surface area contributed by atoms with Gasteiger partial charge in [-0.2, -0.15) is 5.10 Å². The number of allylic oxidation sites excluding steroid dienone is 2. The maximum atomic E-state index is 4.23. The molecule has 0 radical (unpaired) electrons. The lowest BCUT2D eigenvalue weighted by Crippen LogP contribution is -2.16. The van der Waals surface area contributed by atoms with E-state index in [-0.39, 0.29) is 0 Å². The Morgan fingerprint density at radius 2 is 1.84 bits per heavy atom. The van der Waals surface area contributed by atoms with Crippen molar-refractivity contribution in [1.82, 2.24) is 20.4 Å². The Kier molecular flexibility index (Phi) is 8.20. The number of hydrogen-bond donors (Lipinski definition) is 2. The fourth-order valence-corrected chi connectivity index (χ4v) is 5.26. The van der Waals surface area contributed by atoms with Gasteiger partial charge >= 0.3 is 0 Å². The third kappa shape index (κ3) is 5.98. The fraction of sp³-hybridized carbons (Fsp3) is 0.265. The van der Waals surface area contributed by atoms with Crippen LogP contribution in [0.25, 0.3) is 22.0 Å². The van der Waals surface area contributed by atoms with Gasteiger partial charge in [0.2, 0.25) is 0 Å². The SMILES string of the molecule is C=C(/C=C/CNCCCc1ccc(C2=C(c3ccc4[nH]ncc4c3)CCCc3ccccc32)cc1)N(C)C. The van der Waals surface area contributed by atoms with E-state index in [0.29, 0.717) is 0 Å². The third-order valence-electron chi connectivity index (χ3n) is 7.46. The predicted octanol–water partition coefficient (Wildman–Crippen LogP) is 7.01. The summed E-state index contributed by atoms with van der Waals surface area (Å²) in [6, 6.07) is 24.9. The molecule has 4 aromatic rings. The molecule has 1 heterocycles. The van der Waals surface area contributed by atoms with E-state index in [2.05, 4.69) is 101 Å². The molecule has 0 spiro atoms. The van der Waals surface area contributed by atoms with Crippen LogP contribution >= 0.6 is 0 Å². The zero-order valence-electron chi connectivity index (χ0n) is 22.6. The van der Waals surface area contributed by atoms with E-state index in [4.69, 9.17) is 0 Å². The van der Waals surface area contributed by atoms with Gasteiger partial charge in [0.15, 0.2) is 0 Å². The number of nitrogens with zero attached hydrogens (tertiary/aromatic N) is 2. The molecule has 0 saturated carbocycles. The molecule has 0 bridgehead atoms. The second kappa shape index (κ2) is 12.1. The van der Waals surface area contributed by atoms with Crippen molar-refractivity contribution in [1.29, 1.82) is 0 Å². The highest BCUT2D eigenvalue weighted by atomic mass is 15.1. The van der Waals surface area contributed by atoms with E-state index in [1.807, 2.05) is 25.2 Å². The van der Waals surface area contributed by atoms with Crippen LogP contribution in [0.2, 0.25) is 0 Å². The Morgan fingerprint density at radius 1 is 1.03 bits per heavy atom. The minimum Gasteiger partial charge on any atom is -0.378 e. The predicted molar refractivity (Wildman–Crippen MR) is 161 cm³/mol. The molecule has 1 aliphatic rings. The lowest BCUT2D eigenvalue weighted by Gasteiger charge is -2.17. The van der Waals surface area contributed by atoms with Gasteiger partial charge in [-0.1, -0.05) is 67.3 Å². The van der Waals surface area contributed by atoms with Crippen LogP contribution in [0, 0.1) is 0 Å². The topological polar surface area (TPSA) is 44.0 Å². The molecule has 5 rings (SSSR count). The Labute approximate surface area is 226 Å². The maximum absolute atomic E-state index is 4.23. The molecule has 4 nitrogen and oxygen atoms in total. The molecule has 0 unspecified atom stereocenters. The zero-order chi connectivity index (χ0) is 26.3. The minimum atomic E-state index is 0.868. The fourth-order valence-electron chi connectivity index (χ4n) is 5.26. The third-order valence-corrected chi connectivity index (χ3v) is 7.46. The Morgan fingerprint density at radius 3 is 2.68 bits per heavy atom. The normalized spacial score (nSPS) is 13.6. The van der Waals surface area contributed by atoms with Gasteiger partial charge in [-0.05, 0) is 95.8 Å². The number of hydrogen-bond acceptors (Lipinski definition) is 3. The quantitative estimate of drug-likeness (QED) is 0.181. The van der Waals surface area contributed by atoms with Gasteiger partial charge in [0, 0.05) is 31.7 Å². The molecule has 1 aliphatic carbocycles. The minimum absolute atomic E-state index is 0.868. The molecule has 0 amide bonds. The van der Waals surface area contributed by atoms with E-state index in [1.54, 1.807) is 0 Å². The van der Waals surface area contributed by atoms with E-state index >= 15 is 0 Å². The highest BCUT2D eigenvalue weighted by molar-refractivity contribution is 6.01. The largest absolute Gasteiger partial charge is 0.378 e. The van der Waals surface area contributed by atoms with Crippen molar-refractivity contribution < 1.29 is 0 Å². The number of likely N-dealkylation sites (N-methyl/N-ethyl adjacent to an activating group) is 1. The van der Waals surface area contributed by atoms with Gasteiger partial charge in [-0.25, -0.2) is 0 Å². The van der Waals surface area contributed by atoms with Gasteiger partial charge in [-0.15, -0.1) is 0 Å². The number of benzene rings is 3. The molecule has 2 N–H and O–H groups in total. The van der Waals surface area contributed by atoms with Gasteiger partial charge in [0.25, 0.3) is 0 Å². The van der Waals surface area contributed by atoms with Crippen molar-refractivity contribution in [3.63, 3.8) is 0 Å². The first-order valence-electron chi connectivity index (χ1n) is 13.7. The summed E-state index contributed by atoms with van der Waals surface area (Å²) in [5.74, 6) is 0. The molecule has 1 aromatic heterocycles. The summed E-state index contributed by atoms with van der Waals surface area (Å²) in [6.07, 6.45) is 11.6. The Bertz CT molecular complexity index is 1450. The summed E-state index contributed by atoms with van der Waals surface area (Å²) in [5, 5.41) is 12.0. The number of H-pyrrole nitrogens is 1. The summed E-state index contributed by atoms with van der Waals surface area (Å²) in [6.45, 7) is 5.89. The first-order valence-corrected chi connectivity index (χ1v) is 13.7. The van der Waals surface area contributed by atoms with Gasteiger partial charge < -0.3 is 10.2 Å². The van der Waals surface area contributed by atoms with Crippen molar-refractivity contribution in [3.8, 4) is 0 Å². The monoisotopic (exact) mass is 502 g/mol. The highest BCUT2D eigenvalue weighted by Crippen LogP contribution is 2.40. The summed E-state index contributed by atoms with van der Waals surface area (Å²) in [5.41, 5.74) is 11.7. The first kappa shape index (κ1) is 25.7. The molecular weight excluding hydrogens is 464 g/mol. The molecular formula is C34H38N4. The highest BCUT2D eigenvalue weighted by Gasteiger charge is 2.20. The second-order valence-electron chi connectivity index (χ2n) is 10.3. The van der Waals surface area contributed by atoms with Crippen LogP contribution in [0.3, 0.4) is 0 Å². The first-order chi connectivity index (χ1) is 18.6. The van der Waals surface area contributed by atoms with Crippen LogP contribution in [-0.4, -0.2) is 42.3 Å². The number of aryl methyl sites for hydroxylation is 2. The summed E-state index contributed by atoms with van der Waals surface area (Å²) >= 11 is 0. The van der Waals surface area contributed by atoms with Crippen LogP contribution in [0.4, 0.5) is 0 Å². The summed E-state index contributed by atoms with van der Waals surface area (Å²) < 4.78 is 0. The zero-order valence-corrected chi connectivity index (χ0v) is 22.6. The number of rotatable bonds is 10. The molecule has 0 aliphatic heterocycles. The van der Waals surface area contributed by atoms with Crippen LogP contribution in [-0.2, 0) is 12.8 Å². The Balaban J connectivity index is 1.34. The average molecular weight is 503 g/mol. The number of aromatic amines is 1. The molecule has 0 fully saturated rings. The van der Waals surface area contributed by atoms with E-state index in [1.165, 1.54) is 39.0 Å². The molecule has 0 atom stereocenters. The molecule has 4 heteroatoms. The van der Waals surface area contributed by atoms with Crippen LogP contribution < -0.4 is 5.32 Å². The lowest BCUT2D eigenvalue weighted by atomic mass is 9.87. The van der Waals surface area contributed by atoms with E-state index < -0.39 is 0 Å². The Hall–Kier alpha value is -3.89. The van der Waals surface area contributed by atoms with Gasteiger partial charge in [-0.3, -0.25) is 5.10 Å². The van der Waals surface area contributed by atoms with Crippen LogP contribution in [0.1, 0.15) is 47.1 Å². The number of nitrogens with one attached hydrogen (secondary N) is 2. The van der Waals surface area contributed by atoms with Crippen molar-refractivity contribution in [2.45, 2.75) is 32.1 Å². The second-order valence-corrected chi connectivity index (χ2v) is 10.3. The van der Waals surface area contributed by atoms with Crippen molar-refractivity contribution in [2.75, 3.05) is 27.2 Å². The van der Waals surface area contributed by atoms with Gasteiger partial charge in [0.1, 0.15) is 0 Å². The van der Waals surface area contributed by atoms with Crippen molar-refractivity contribution in [3.05, 3.63) is 125 Å². The smallest absolute Gasteiger partial charge is 0.0650 e. The molecule has 194 valence electrons. The van der Waals surface area contributed by atoms with Crippen LogP contribution in [0.15, 0.2) is 97.4 Å². The molecule has 0 saturated heterocycles. The van der Waals surface area contributed by atoms with Crippen molar-refractivity contribution >= 4 is 22.0 Å². The van der Waals surface area contributed by atoms with Gasteiger partial charge in [0.05, 0.1) is 11.7 Å². The lowest BCUT2D eigenvalue weighted by molar-refractivity contribution is 0.532. The maximum Gasteiger partial charge on any atom is 0.0650 e. The summed E-state index contributed by atoms with van der Waals surface area (Å²) in [4.78, 5) is 2.02. The molecule has 3 aromatic carbocycles. The van der Waals surface area contributed by atoms with E-state index in [0.717, 1.165) is 61.8 Å². The molecule has 38 heavy (non-hydrogen) atoms. The van der Waals surface area contributed by atoms with Crippen molar-refractivity contribution in [2.24, 2.45) is 0 Å². The standard InChI is InChI=1S/C34H38N4/c1-25(38(2)3)9-7-21-35-22-8-10-26-15-17-28(18-16-26)34-31-13-5-4-11-27(31)12-6-14-32(34)29-19-20-33-30(23-29)24-36-37-33/h4-5,7,9,11,13,15-20,23-24,35H,1,6,8,10,12,14,21-22H2,2-3H3,(H,36,37)/b9-7+. The number of fused-ring (bicyclic) bond motifs is 2.